The van der Waals surface area contributed by atoms with Gasteiger partial charge in [-0.1, -0.05) is 36.4 Å². The van der Waals surface area contributed by atoms with Gasteiger partial charge in [0.1, 0.15) is 17.4 Å². The summed E-state index contributed by atoms with van der Waals surface area (Å²) in [6.07, 6.45) is 0.360. The molecule has 0 spiro atoms. The maximum atomic E-state index is 13.3. The highest BCUT2D eigenvalue weighted by Crippen LogP contribution is 2.51. The van der Waals surface area contributed by atoms with Crippen LogP contribution in [0.2, 0.25) is 0 Å². The summed E-state index contributed by atoms with van der Waals surface area (Å²) in [4.78, 5) is 24.1. The Morgan fingerprint density at radius 3 is 2.13 bits per heavy atom. The van der Waals surface area contributed by atoms with Crippen LogP contribution in [0.1, 0.15) is 48.8 Å². The van der Waals surface area contributed by atoms with Gasteiger partial charge in [0.15, 0.2) is 0 Å². The van der Waals surface area contributed by atoms with Gasteiger partial charge in [-0.3, -0.25) is 4.79 Å². The van der Waals surface area contributed by atoms with Crippen molar-refractivity contribution in [1.82, 2.24) is 0 Å². The van der Waals surface area contributed by atoms with E-state index in [0.717, 1.165) is 16.7 Å². The SMILES string of the molecule is CC(=O)C[C@@H]1c2ccccc2[C@H](c2ccc(F)cc2)[C@H]1C(C)=O. The molecule has 0 radical (unpaired) electrons. The Kier molecular flexibility index (Phi) is 4.12. The van der Waals surface area contributed by atoms with E-state index in [-0.39, 0.29) is 35.1 Å². The molecule has 1 aliphatic carbocycles. The van der Waals surface area contributed by atoms with Gasteiger partial charge in [-0.15, -0.1) is 0 Å². The summed E-state index contributed by atoms with van der Waals surface area (Å²) in [6.45, 7) is 3.14. The number of Topliss-reactive ketones (excluding diaryl/α,β-unsaturated/α-hetero) is 2. The molecule has 2 aromatic rings. The van der Waals surface area contributed by atoms with Gasteiger partial charge in [-0.05, 0) is 42.7 Å². The Morgan fingerprint density at radius 2 is 1.57 bits per heavy atom. The van der Waals surface area contributed by atoms with Crippen LogP contribution in [0.5, 0.6) is 0 Å². The number of ketones is 2. The third-order valence-electron chi connectivity index (χ3n) is 4.73. The van der Waals surface area contributed by atoms with Crippen LogP contribution >= 0.6 is 0 Å². The normalized spacial score (nSPS) is 22.7. The van der Waals surface area contributed by atoms with Crippen LogP contribution in [0.15, 0.2) is 48.5 Å². The first-order valence-corrected chi connectivity index (χ1v) is 7.83. The smallest absolute Gasteiger partial charge is 0.134 e. The summed E-state index contributed by atoms with van der Waals surface area (Å²) < 4.78 is 13.3. The Morgan fingerprint density at radius 1 is 0.957 bits per heavy atom. The molecule has 3 rings (SSSR count). The van der Waals surface area contributed by atoms with Crippen LogP contribution in [0.4, 0.5) is 4.39 Å². The van der Waals surface area contributed by atoms with E-state index in [9.17, 15) is 14.0 Å². The van der Waals surface area contributed by atoms with Crippen molar-refractivity contribution >= 4 is 11.6 Å². The maximum Gasteiger partial charge on any atom is 0.134 e. The van der Waals surface area contributed by atoms with Crippen molar-refractivity contribution in [1.29, 1.82) is 0 Å². The second-order valence-corrected chi connectivity index (χ2v) is 6.31. The van der Waals surface area contributed by atoms with Gasteiger partial charge >= 0.3 is 0 Å². The predicted molar refractivity (Wildman–Crippen MR) is 86.9 cm³/mol. The monoisotopic (exact) mass is 310 g/mol. The first-order valence-electron chi connectivity index (χ1n) is 7.83. The van der Waals surface area contributed by atoms with Gasteiger partial charge in [0.2, 0.25) is 0 Å². The fraction of sp³-hybridized carbons (Fsp3) is 0.300. The summed E-state index contributed by atoms with van der Waals surface area (Å²) >= 11 is 0. The molecule has 0 aliphatic heterocycles. The van der Waals surface area contributed by atoms with Crippen molar-refractivity contribution in [3.8, 4) is 0 Å². The van der Waals surface area contributed by atoms with Crippen molar-refractivity contribution in [3.63, 3.8) is 0 Å². The predicted octanol–water partition coefficient (Wildman–Crippen LogP) is 4.24. The van der Waals surface area contributed by atoms with Crippen molar-refractivity contribution in [2.24, 2.45) is 5.92 Å². The van der Waals surface area contributed by atoms with E-state index in [1.807, 2.05) is 24.3 Å². The van der Waals surface area contributed by atoms with Gasteiger partial charge in [0.05, 0.1) is 0 Å². The summed E-state index contributed by atoms with van der Waals surface area (Å²) in [5.41, 5.74) is 3.06. The van der Waals surface area contributed by atoms with Crippen molar-refractivity contribution in [2.45, 2.75) is 32.1 Å². The summed E-state index contributed by atoms with van der Waals surface area (Å²) in [5.74, 6) is -0.635. The third-order valence-corrected chi connectivity index (χ3v) is 4.73. The second kappa shape index (κ2) is 6.07. The van der Waals surface area contributed by atoms with Crippen LogP contribution in [0, 0.1) is 11.7 Å². The molecular weight excluding hydrogens is 291 g/mol. The molecule has 0 unspecified atom stereocenters. The zero-order valence-corrected chi connectivity index (χ0v) is 13.3. The van der Waals surface area contributed by atoms with Crippen LogP contribution < -0.4 is 0 Å². The number of fused-ring (bicyclic) bond motifs is 1. The molecule has 0 heterocycles. The number of benzene rings is 2. The van der Waals surface area contributed by atoms with Crippen molar-refractivity contribution < 1.29 is 14.0 Å². The Labute approximate surface area is 135 Å². The van der Waals surface area contributed by atoms with Gasteiger partial charge in [0.25, 0.3) is 0 Å². The molecule has 0 bridgehead atoms. The highest BCUT2D eigenvalue weighted by atomic mass is 19.1. The zero-order valence-electron chi connectivity index (χ0n) is 13.3. The molecule has 0 fully saturated rings. The van der Waals surface area contributed by atoms with E-state index in [4.69, 9.17) is 0 Å². The average Bonchev–Trinajstić information content (AvgIpc) is 2.82. The van der Waals surface area contributed by atoms with Crippen molar-refractivity contribution in [3.05, 3.63) is 71.0 Å². The summed E-state index contributed by atoms with van der Waals surface area (Å²) in [5, 5.41) is 0. The number of hydrogen-bond donors (Lipinski definition) is 0. The topological polar surface area (TPSA) is 34.1 Å². The molecule has 2 nitrogen and oxygen atoms in total. The Balaban J connectivity index is 2.14. The lowest BCUT2D eigenvalue weighted by Crippen LogP contribution is -2.22. The lowest BCUT2D eigenvalue weighted by Gasteiger charge is -2.23. The third kappa shape index (κ3) is 2.83. The van der Waals surface area contributed by atoms with Crippen LogP contribution in [-0.4, -0.2) is 11.6 Å². The molecule has 0 saturated heterocycles. The Hall–Kier alpha value is -2.29. The molecule has 23 heavy (non-hydrogen) atoms. The standard InChI is InChI=1S/C20H19FO2/c1-12(22)11-18-16-5-3-4-6-17(16)20(19(18)13(2)23)14-7-9-15(21)10-8-14/h3-10,18-20H,11H2,1-2H3/t18-,19+,20+/m1/s1. The highest BCUT2D eigenvalue weighted by molar-refractivity contribution is 5.85. The quantitative estimate of drug-likeness (QED) is 0.846. The number of halogens is 1. The summed E-state index contributed by atoms with van der Waals surface area (Å²) in [6, 6.07) is 14.2. The number of carbonyl (C=O) groups excluding carboxylic acids is 2. The molecular formula is C20H19FO2. The fourth-order valence-corrected chi connectivity index (χ4v) is 3.87. The second-order valence-electron chi connectivity index (χ2n) is 6.31. The average molecular weight is 310 g/mol. The minimum Gasteiger partial charge on any atom is -0.300 e. The number of hydrogen-bond acceptors (Lipinski definition) is 2. The molecule has 118 valence electrons. The minimum absolute atomic E-state index is 0.0711. The molecule has 0 saturated carbocycles. The zero-order chi connectivity index (χ0) is 16.6. The van der Waals surface area contributed by atoms with E-state index in [1.165, 1.54) is 12.1 Å². The van der Waals surface area contributed by atoms with Crippen molar-refractivity contribution in [2.75, 3.05) is 0 Å². The molecule has 2 aromatic carbocycles. The maximum absolute atomic E-state index is 13.3. The van der Waals surface area contributed by atoms with E-state index in [0.29, 0.717) is 6.42 Å². The fourth-order valence-electron chi connectivity index (χ4n) is 3.87. The van der Waals surface area contributed by atoms with Gasteiger partial charge in [-0.2, -0.15) is 0 Å². The van der Waals surface area contributed by atoms with Crippen LogP contribution in [0.25, 0.3) is 0 Å². The lowest BCUT2D eigenvalue weighted by molar-refractivity contribution is -0.122. The lowest BCUT2D eigenvalue weighted by atomic mass is 9.78. The van der Waals surface area contributed by atoms with Gasteiger partial charge < -0.3 is 4.79 Å². The molecule has 0 aromatic heterocycles. The van der Waals surface area contributed by atoms with E-state index in [2.05, 4.69) is 0 Å². The van der Waals surface area contributed by atoms with E-state index >= 15 is 0 Å². The van der Waals surface area contributed by atoms with E-state index < -0.39 is 0 Å². The number of rotatable bonds is 4. The first-order chi connectivity index (χ1) is 11.0. The molecule has 0 N–H and O–H groups in total. The molecule has 3 heteroatoms. The Bertz CT molecular complexity index is 748. The molecule has 3 atom stereocenters. The summed E-state index contributed by atoms with van der Waals surface area (Å²) in [7, 11) is 0. The highest BCUT2D eigenvalue weighted by Gasteiger charge is 2.43. The molecule has 1 aliphatic rings. The molecule has 0 amide bonds. The van der Waals surface area contributed by atoms with E-state index in [1.54, 1.807) is 26.0 Å². The van der Waals surface area contributed by atoms with Gasteiger partial charge in [-0.25, -0.2) is 4.39 Å². The van der Waals surface area contributed by atoms with Gasteiger partial charge in [0, 0.05) is 24.2 Å². The number of carbonyl (C=O) groups is 2. The minimum atomic E-state index is -0.292. The largest absolute Gasteiger partial charge is 0.300 e. The van der Waals surface area contributed by atoms with Crippen LogP contribution in [-0.2, 0) is 9.59 Å². The van der Waals surface area contributed by atoms with Crippen LogP contribution in [0.3, 0.4) is 0 Å². The first kappa shape index (κ1) is 15.6.